The van der Waals surface area contributed by atoms with Crippen LogP contribution >= 0.6 is 0 Å². The zero-order chi connectivity index (χ0) is 22.4. The molecular weight excluding hydrogens is 413 g/mol. The fraction of sp³-hybridized carbons (Fsp3) is 0.381. The van der Waals surface area contributed by atoms with Gasteiger partial charge in [-0.1, -0.05) is 12.1 Å². The SMILES string of the molecule is COc1ccc(C(C#N)N2CCN(C(=O)c3cccnc3OCC(F)(F)F)CC2)cc1. The second-order valence-corrected chi connectivity index (χ2v) is 6.89. The number of carbonyl (C=O) groups excluding carboxylic acids is 1. The summed E-state index contributed by atoms with van der Waals surface area (Å²) in [4.78, 5) is 20.1. The summed E-state index contributed by atoms with van der Waals surface area (Å²) in [7, 11) is 1.56. The first-order valence-electron chi connectivity index (χ1n) is 9.54. The minimum atomic E-state index is -4.53. The Morgan fingerprint density at radius 1 is 1.19 bits per heavy atom. The van der Waals surface area contributed by atoms with Gasteiger partial charge in [0.2, 0.25) is 5.88 Å². The number of hydrogen-bond acceptors (Lipinski definition) is 6. The molecule has 1 aliphatic rings. The predicted octanol–water partition coefficient (Wildman–Crippen LogP) is 3.05. The van der Waals surface area contributed by atoms with Crippen molar-refractivity contribution < 1.29 is 27.4 Å². The molecule has 1 saturated heterocycles. The van der Waals surface area contributed by atoms with E-state index in [9.17, 15) is 23.2 Å². The highest BCUT2D eigenvalue weighted by Gasteiger charge is 2.31. The lowest BCUT2D eigenvalue weighted by molar-refractivity contribution is -0.154. The van der Waals surface area contributed by atoms with Crippen LogP contribution in [0.5, 0.6) is 11.6 Å². The fourth-order valence-corrected chi connectivity index (χ4v) is 3.33. The maximum Gasteiger partial charge on any atom is 0.422 e. The Kier molecular flexibility index (Phi) is 6.97. The topological polar surface area (TPSA) is 78.7 Å². The van der Waals surface area contributed by atoms with Crippen LogP contribution in [0.4, 0.5) is 13.2 Å². The van der Waals surface area contributed by atoms with Crippen LogP contribution in [0.15, 0.2) is 42.6 Å². The molecule has 31 heavy (non-hydrogen) atoms. The van der Waals surface area contributed by atoms with Gasteiger partial charge in [-0.15, -0.1) is 0 Å². The average molecular weight is 434 g/mol. The van der Waals surface area contributed by atoms with E-state index in [0.717, 1.165) is 5.56 Å². The summed E-state index contributed by atoms with van der Waals surface area (Å²) in [6.07, 6.45) is -3.26. The molecule has 1 unspecified atom stereocenters. The Bertz CT molecular complexity index is 936. The molecule has 1 atom stereocenters. The monoisotopic (exact) mass is 434 g/mol. The van der Waals surface area contributed by atoms with E-state index in [-0.39, 0.29) is 11.4 Å². The van der Waals surface area contributed by atoms with Crippen LogP contribution < -0.4 is 9.47 Å². The average Bonchev–Trinajstić information content (AvgIpc) is 2.78. The number of benzene rings is 1. The van der Waals surface area contributed by atoms with Gasteiger partial charge in [-0.05, 0) is 29.8 Å². The molecule has 0 spiro atoms. The number of alkyl halides is 3. The number of piperazine rings is 1. The Morgan fingerprint density at radius 2 is 1.87 bits per heavy atom. The third kappa shape index (κ3) is 5.64. The lowest BCUT2D eigenvalue weighted by Gasteiger charge is -2.37. The van der Waals surface area contributed by atoms with Gasteiger partial charge in [-0.3, -0.25) is 9.69 Å². The molecule has 2 aromatic rings. The van der Waals surface area contributed by atoms with Crippen molar-refractivity contribution in [1.82, 2.24) is 14.8 Å². The number of methoxy groups -OCH3 is 1. The van der Waals surface area contributed by atoms with Crippen LogP contribution in [0.2, 0.25) is 0 Å². The first-order valence-corrected chi connectivity index (χ1v) is 9.54. The number of rotatable bonds is 6. The zero-order valence-electron chi connectivity index (χ0n) is 16.8. The third-order valence-electron chi connectivity index (χ3n) is 4.89. The van der Waals surface area contributed by atoms with Gasteiger partial charge in [-0.2, -0.15) is 18.4 Å². The summed E-state index contributed by atoms with van der Waals surface area (Å²) >= 11 is 0. The van der Waals surface area contributed by atoms with Crippen molar-refractivity contribution in [3.63, 3.8) is 0 Å². The van der Waals surface area contributed by atoms with E-state index in [1.807, 2.05) is 17.0 Å². The minimum absolute atomic E-state index is 0.0211. The summed E-state index contributed by atoms with van der Waals surface area (Å²) < 4.78 is 47.3. The summed E-state index contributed by atoms with van der Waals surface area (Å²) in [5, 5.41) is 9.65. The second kappa shape index (κ2) is 9.66. The van der Waals surface area contributed by atoms with Crippen molar-refractivity contribution in [2.75, 3.05) is 39.9 Å². The fourth-order valence-electron chi connectivity index (χ4n) is 3.33. The first-order chi connectivity index (χ1) is 14.8. The second-order valence-electron chi connectivity index (χ2n) is 6.89. The third-order valence-corrected chi connectivity index (χ3v) is 4.89. The number of hydrogen-bond donors (Lipinski definition) is 0. The maximum absolute atomic E-state index is 12.9. The van der Waals surface area contributed by atoms with Gasteiger partial charge in [0.25, 0.3) is 5.91 Å². The van der Waals surface area contributed by atoms with E-state index < -0.39 is 24.7 Å². The van der Waals surface area contributed by atoms with Crippen LogP contribution in [0, 0.1) is 11.3 Å². The van der Waals surface area contributed by atoms with E-state index in [1.54, 1.807) is 19.2 Å². The van der Waals surface area contributed by atoms with E-state index in [4.69, 9.17) is 9.47 Å². The zero-order valence-corrected chi connectivity index (χ0v) is 16.8. The molecule has 1 amide bonds. The van der Waals surface area contributed by atoms with Crippen molar-refractivity contribution in [1.29, 1.82) is 5.26 Å². The molecular formula is C21H21F3N4O3. The highest BCUT2D eigenvalue weighted by Crippen LogP contribution is 2.25. The number of halogens is 3. The quantitative estimate of drug-likeness (QED) is 0.696. The number of carbonyl (C=O) groups is 1. The molecule has 3 rings (SSSR count). The lowest BCUT2D eigenvalue weighted by Crippen LogP contribution is -2.49. The molecule has 0 bridgehead atoms. The summed E-state index contributed by atoms with van der Waals surface area (Å²) in [6.45, 7) is -0.00464. The number of nitrogens with zero attached hydrogens (tertiary/aromatic N) is 4. The molecule has 0 saturated carbocycles. The van der Waals surface area contributed by atoms with Gasteiger partial charge in [0.1, 0.15) is 17.4 Å². The summed E-state index contributed by atoms with van der Waals surface area (Å²) in [5.74, 6) is -0.112. The number of nitriles is 1. The van der Waals surface area contributed by atoms with Crippen LogP contribution in [-0.2, 0) is 0 Å². The maximum atomic E-state index is 12.9. The molecule has 1 aromatic carbocycles. The van der Waals surface area contributed by atoms with E-state index in [0.29, 0.717) is 31.9 Å². The molecule has 1 fully saturated rings. The molecule has 1 aliphatic heterocycles. The molecule has 1 aromatic heterocycles. The minimum Gasteiger partial charge on any atom is -0.497 e. The molecule has 0 radical (unpaired) electrons. The molecule has 164 valence electrons. The molecule has 2 heterocycles. The molecule has 10 heteroatoms. The number of pyridine rings is 1. The van der Waals surface area contributed by atoms with Gasteiger partial charge in [0, 0.05) is 32.4 Å². The molecule has 0 aliphatic carbocycles. The van der Waals surface area contributed by atoms with Crippen LogP contribution in [0.25, 0.3) is 0 Å². The van der Waals surface area contributed by atoms with Crippen molar-refractivity contribution in [2.24, 2.45) is 0 Å². The van der Waals surface area contributed by atoms with Crippen molar-refractivity contribution in [3.05, 3.63) is 53.7 Å². The predicted molar refractivity (Wildman–Crippen MR) is 105 cm³/mol. The lowest BCUT2D eigenvalue weighted by atomic mass is 10.1. The summed E-state index contributed by atoms with van der Waals surface area (Å²) in [5.41, 5.74) is 0.797. The first kappa shape index (κ1) is 22.4. The normalized spacial score (nSPS) is 15.8. The highest BCUT2D eigenvalue weighted by atomic mass is 19.4. The van der Waals surface area contributed by atoms with Crippen molar-refractivity contribution >= 4 is 5.91 Å². The van der Waals surface area contributed by atoms with E-state index >= 15 is 0 Å². The smallest absolute Gasteiger partial charge is 0.422 e. The van der Waals surface area contributed by atoms with Gasteiger partial charge in [-0.25, -0.2) is 4.98 Å². The highest BCUT2D eigenvalue weighted by molar-refractivity contribution is 5.96. The Morgan fingerprint density at radius 3 is 2.45 bits per heavy atom. The van der Waals surface area contributed by atoms with Gasteiger partial charge in [0.15, 0.2) is 6.61 Å². The van der Waals surface area contributed by atoms with Gasteiger partial charge in [0.05, 0.1) is 13.2 Å². The summed E-state index contributed by atoms with van der Waals surface area (Å²) in [6, 6.07) is 11.9. The van der Waals surface area contributed by atoms with Crippen LogP contribution in [0.1, 0.15) is 22.0 Å². The Hall–Kier alpha value is -3.32. The van der Waals surface area contributed by atoms with Crippen molar-refractivity contribution in [2.45, 2.75) is 12.2 Å². The largest absolute Gasteiger partial charge is 0.497 e. The van der Waals surface area contributed by atoms with Gasteiger partial charge >= 0.3 is 6.18 Å². The molecule has 0 N–H and O–H groups in total. The Labute approximate surface area is 177 Å². The van der Waals surface area contributed by atoms with Crippen molar-refractivity contribution in [3.8, 4) is 17.7 Å². The van der Waals surface area contributed by atoms with E-state index in [1.165, 1.54) is 23.2 Å². The Balaban J connectivity index is 1.65. The van der Waals surface area contributed by atoms with Gasteiger partial charge < -0.3 is 14.4 Å². The molecule has 7 nitrogen and oxygen atoms in total. The standard InChI is InChI=1S/C21H21F3N4O3/c1-30-16-6-4-15(5-7-16)18(13-25)27-9-11-28(12-10-27)20(29)17-3-2-8-26-19(17)31-14-21(22,23)24/h2-8,18H,9-12,14H2,1H3. The van der Waals surface area contributed by atoms with E-state index in [2.05, 4.69) is 11.1 Å². The van der Waals surface area contributed by atoms with Crippen LogP contribution in [-0.4, -0.2) is 66.8 Å². The van der Waals surface area contributed by atoms with Crippen LogP contribution in [0.3, 0.4) is 0 Å². The number of ether oxygens (including phenoxy) is 2. The number of amides is 1. The number of aromatic nitrogens is 1.